The Morgan fingerprint density at radius 3 is 1.63 bits per heavy atom. The summed E-state index contributed by atoms with van der Waals surface area (Å²) in [5, 5.41) is 26.7. The fraction of sp³-hybridized carbons (Fsp3) is 0.467. The Hall–Kier alpha value is -2.34. The van der Waals surface area contributed by atoms with Gasteiger partial charge in [0.2, 0.25) is 0 Å². The number of aliphatic carboxylic acids is 2. The Labute approximate surface area is 149 Å². The standard InChI is InChI=1S/C11H11F6N.C4H6O5/c1-6(18-2)7-3-8(10(12,13)14)5-9(4-7)11(15,16)17;5-2(4(8)9)1-3(6)7/h3-6,18H,1-2H3;2,5H,1H2,(H,6,7)(H,8,9)/t6-;/m1./s1. The van der Waals surface area contributed by atoms with E-state index in [1.54, 1.807) is 0 Å². The first-order valence-electron chi connectivity index (χ1n) is 7.18. The second-order valence-electron chi connectivity index (χ2n) is 5.30. The normalized spacial score (nSPS) is 14.0. The summed E-state index contributed by atoms with van der Waals surface area (Å²) in [5.41, 5.74) is -2.65. The Bertz CT molecular complexity index is 627. The zero-order valence-corrected chi connectivity index (χ0v) is 14.0. The molecule has 0 radical (unpaired) electrons. The topological polar surface area (TPSA) is 107 Å². The molecular weight excluding hydrogens is 388 g/mol. The maximum Gasteiger partial charge on any atom is 0.416 e. The van der Waals surface area contributed by atoms with Crippen LogP contribution < -0.4 is 5.32 Å². The lowest BCUT2D eigenvalue weighted by Gasteiger charge is -2.17. The van der Waals surface area contributed by atoms with Crippen molar-refractivity contribution in [1.82, 2.24) is 5.32 Å². The van der Waals surface area contributed by atoms with E-state index in [1.165, 1.54) is 14.0 Å². The molecule has 1 aromatic rings. The van der Waals surface area contributed by atoms with Gasteiger partial charge in [0.15, 0.2) is 6.10 Å². The van der Waals surface area contributed by atoms with Gasteiger partial charge in [-0.25, -0.2) is 4.79 Å². The largest absolute Gasteiger partial charge is 0.481 e. The summed E-state index contributed by atoms with van der Waals surface area (Å²) in [6.07, 6.45) is -12.1. The molecule has 0 spiro atoms. The molecule has 6 nitrogen and oxygen atoms in total. The lowest BCUT2D eigenvalue weighted by Crippen LogP contribution is -2.22. The van der Waals surface area contributed by atoms with E-state index in [2.05, 4.69) is 5.32 Å². The van der Waals surface area contributed by atoms with Crippen LogP contribution in [0.5, 0.6) is 0 Å². The predicted octanol–water partition coefficient (Wildman–Crippen LogP) is 2.91. The van der Waals surface area contributed by atoms with Crippen LogP contribution in [0.25, 0.3) is 0 Å². The van der Waals surface area contributed by atoms with E-state index in [0.717, 1.165) is 12.1 Å². The summed E-state index contributed by atoms with van der Waals surface area (Å²) < 4.78 is 75.1. The minimum absolute atomic E-state index is 0.0559. The number of carbonyl (C=O) groups is 2. The van der Waals surface area contributed by atoms with Gasteiger partial charge >= 0.3 is 24.3 Å². The van der Waals surface area contributed by atoms with E-state index >= 15 is 0 Å². The summed E-state index contributed by atoms with van der Waals surface area (Å²) in [6, 6.07) is 0.951. The van der Waals surface area contributed by atoms with Crippen molar-refractivity contribution >= 4 is 11.9 Å². The highest BCUT2D eigenvalue weighted by Gasteiger charge is 2.37. The number of halogens is 6. The number of benzene rings is 1. The van der Waals surface area contributed by atoms with Crippen LogP contribution in [-0.4, -0.2) is 40.4 Å². The number of hydrogen-bond acceptors (Lipinski definition) is 4. The molecule has 0 heterocycles. The number of carboxylic acids is 2. The molecule has 0 aliphatic heterocycles. The van der Waals surface area contributed by atoms with Crippen LogP contribution in [0, 0.1) is 0 Å². The molecule has 1 aromatic carbocycles. The predicted molar refractivity (Wildman–Crippen MR) is 79.8 cm³/mol. The van der Waals surface area contributed by atoms with Crippen LogP contribution in [0.4, 0.5) is 26.3 Å². The van der Waals surface area contributed by atoms with Crippen LogP contribution >= 0.6 is 0 Å². The third-order valence-electron chi connectivity index (χ3n) is 3.20. The zero-order valence-electron chi connectivity index (χ0n) is 14.0. The van der Waals surface area contributed by atoms with E-state index < -0.39 is 54.0 Å². The van der Waals surface area contributed by atoms with Crippen molar-refractivity contribution in [2.24, 2.45) is 0 Å². The molecule has 12 heteroatoms. The number of hydrogen-bond donors (Lipinski definition) is 4. The van der Waals surface area contributed by atoms with E-state index in [1.807, 2.05) is 0 Å². The van der Waals surface area contributed by atoms with Gasteiger partial charge in [-0.05, 0) is 37.7 Å². The highest BCUT2D eigenvalue weighted by Crippen LogP contribution is 2.37. The van der Waals surface area contributed by atoms with Crippen molar-refractivity contribution in [2.75, 3.05) is 7.05 Å². The first-order valence-corrected chi connectivity index (χ1v) is 7.18. The minimum atomic E-state index is -4.80. The molecule has 4 N–H and O–H groups in total. The van der Waals surface area contributed by atoms with E-state index in [-0.39, 0.29) is 11.6 Å². The Balaban J connectivity index is 0.000000636. The van der Waals surface area contributed by atoms with Gasteiger partial charge in [-0.15, -0.1) is 0 Å². The molecular formula is C15H17F6NO5. The van der Waals surface area contributed by atoms with Crippen molar-refractivity contribution in [3.63, 3.8) is 0 Å². The van der Waals surface area contributed by atoms with Crippen LogP contribution in [-0.2, 0) is 21.9 Å². The average molecular weight is 405 g/mol. The summed E-state index contributed by atoms with van der Waals surface area (Å²) in [7, 11) is 1.46. The Morgan fingerprint density at radius 2 is 1.41 bits per heavy atom. The molecule has 0 saturated carbocycles. The van der Waals surface area contributed by atoms with Crippen molar-refractivity contribution < 1.29 is 51.3 Å². The van der Waals surface area contributed by atoms with Crippen LogP contribution in [0.3, 0.4) is 0 Å². The Kier molecular flexibility index (Phi) is 8.73. The smallest absolute Gasteiger partial charge is 0.416 e. The molecule has 1 unspecified atom stereocenters. The lowest BCUT2D eigenvalue weighted by atomic mass is 10.0. The van der Waals surface area contributed by atoms with Gasteiger partial charge in [-0.2, -0.15) is 26.3 Å². The van der Waals surface area contributed by atoms with Crippen LogP contribution in [0.2, 0.25) is 0 Å². The zero-order chi connectivity index (χ0) is 21.6. The van der Waals surface area contributed by atoms with E-state index in [0.29, 0.717) is 0 Å². The van der Waals surface area contributed by atoms with Crippen LogP contribution in [0.15, 0.2) is 18.2 Å². The second kappa shape index (κ2) is 9.55. The fourth-order valence-electron chi connectivity index (χ4n) is 1.65. The van der Waals surface area contributed by atoms with Gasteiger partial charge < -0.3 is 20.6 Å². The van der Waals surface area contributed by atoms with E-state index in [9.17, 15) is 35.9 Å². The molecule has 2 atom stereocenters. The first kappa shape index (κ1) is 24.7. The molecule has 0 bridgehead atoms. The molecule has 154 valence electrons. The highest BCUT2D eigenvalue weighted by atomic mass is 19.4. The third kappa shape index (κ3) is 8.73. The number of alkyl halides is 6. The molecule has 27 heavy (non-hydrogen) atoms. The Morgan fingerprint density at radius 1 is 1.00 bits per heavy atom. The summed E-state index contributed by atoms with van der Waals surface area (Å²) in [6.45, 7) is 1.48. The van der Waals surface area contributed by atoms with Gasteiger partial charge in [0.1, 0.15) is 0 Å². The molecule has 1 rings (SSSR count). The monoisotopic (exact) mass is 405 g/mol. The molecule has 0 amide bonds. The number of aliphatic hydroxyl groups excluding tert-OH is 1. The van der Waals surface area contributed by atoms with Gasteiger partial charge in [-0.1, -0.05) is 0 Å². The minimum Gasteiger partial charge on any atom is -0.481 e. The lowest BCUT2D eigenvalue weighted by molar-refractivity contribution is -0.152. The molecule has 0 aliphatic carbocycles. The SMILES string of the molecule is CN[C@H](C)c1cc(C(F)(F)F)cc(C(F)(F)F)c1.O=C(O)CC(O)C(=O)O. The number of nitrogens with one attached hydrogen (secondary N) is 1. The van der Waals surface area contributed by atoms with Crippen molar-refractivity contribution in [1.29, 1.82) is 0 Å². The summed E-state index contributed by atoms with van der Waals surface area (Å²) >= 11 is 0. The maximum absolute atomic E-state index is 12.5. The third-order valence-corrected chi connectivity index (χ3v) is 3.20. The summed E-state index contributed by atoms with van der Waals surface area (Å²) in [5.74, 6) is -2.85. The first-order chi connectivity index (χ1) is 12.1. The number of rotatable bonds is 5. The van der Waals surface area contributed by atoms with Gasteiger partial charge in [0.05, 0.1) is 17.5 Å². The highest BCUT2D eigenvalue weighted by molar-refractivity contribution is 5.79. The quantitative estimate of drug-likeness (QED) is 0.562. The molecule has 0 saturated heterocycles. The van der Waals surface area contributed by atoms with Crippen molar-refractivity contribution in [3.8, 4) is 0 Å². The van der Waals surface area contributed by atoms with Gasteiger partial charge in [0.25, 0.3) is 0 Å². The second-order valence-corrected chi connectivity index (χ2v) is 5.30. The van der Waals surface area contributed by atoms with Crippen molar-refractivity contribution in [2.45, 2.75) is 37.8 Å². The van der Waals surface area contributed by atoms with Gasteiger partial charge in [-0.3, -0.25) is 4.79 Å². The van der Waals surface area contributed by atoms with E-state index in [4.69, 9.17) is 15.3 Å². The molecule has 0 fully saturated rings. The van der Waals surface area contributed by atoms with Gasteiger partial charge in [0, 0.05) is 6.04 Å². The number of carboxylic acid groups (broad SMARTS) is 2. The maximum atomic E-state index is 12.5. The number of aliphatic hydroxyl groups is 1. The molecule has 0 aromatic heterocycles. The fourth-order valence-corrected chi connectivity index (χ4v) is 1.65. The van der Waals surface area contributed by atoms with Crippen molar-refractivity contribution in [3.05, 3.63) is 34.9 Å². The van der Waals surface area contributed by atoms with Crippen LogP contribution in [0.1, 0.15) is 36.1 Å². The average Bonchev–Trinajstić information content (AvgIpc) is 2.51. The molecule has 0 aliphatic rings. The summed E-state index contributed by atoms with van der Waals surface area (Å²) in [4.78, 5) is 19.4.